The first-order valence-electron chi connectivity index (χ1n) is 16.0. The molecule has 0 aliphatic rings. The third kappa shape index (κ3) is 10.2. The van der Waals surface area contributed by atoms with Crippen LogP contribution in [0.2, 0.25) is 0 Å². The number of nitrogens with zero attached hydrogens (tertiary/aromatic N) is 5. The predicted molar refractivity (Wildman–Crippen MR) is 184 cm³/mol. The van der Waals surface area contributed by atoms with Gasteiger partial charge >= 0.3 is 12.2 Å². The number of anilines is 1. The monoisotopic (exact) mass is 700 g/mol. The fraction of sp³-hybridized carbons (Fsp3) is 0.486. The van der Waals surface area contributed by atoms with E-state index < -0.39 is 52.4 Å². The average molecular weight is 701 g/mol. The van der Waals surface area contributed by atoms with Crippen molar-refractivity contribution in [2.45, 2.75) is 79.1 Å². The van der Waals surface area contributed by atoms with Crippen molar-refractivity contribution >= 4 is 40.7 Å². The van der Waals surface area contributed by atoms with E-state index in [1.807, 2.05) is 20.8 Å². The van der Waals surface area contributed by atoms with Crippen LogP contribution in [0.5, 0.6) is 0 Å². The first-order valence-corrected chi connectivity index (χ1v) is 16.0. The molecule has 50 heavy (non-hydrogen) atoms. The second-order valence-electron chi connectivity index (χ2n) is 14.4. The van der Waals surface area contributed by atoms with Gasteiger partial charge in [0, 0.05) is 46.0 Å². The predicted octanol–water partition coefficient (Wildman–Crippen LogP) is 5.33. The van der Waals surface area contributed by atoms with Gasteiger partial charge < -0.3 is 29.2 Å². The lowest BCUT2D eigenvalue weighted by Crippen LogP contribution is -2.37. The summed E-state index contributed by atoms with van der Waals surface area (Å²) in [5, 5.41) is 2.51. The van der Waals surface area contributed by atoms with Crippen molar-refractivity contribution in [3.8, 4) is 0 Å². The number of likely N-dealkylation sites (N-methyl/N-ethyl adjacent to an activating group) is 1. The molecule has 13 nitrogen and oxygen atoms in total. The van der Waals surface area contributed by atoms with Crippen molar-refractivity contribution in [2.75, 3.05) is 33.5 Å². The normalized spacial score (nSPS) is 12.6. The first kappa shape index (κ1) is 39.4. The van der Waals surface area contributed by atoms with Gasteiger partial charge in [0.2, 0.25) is 5.91 Å². The van der Waals surface area contributed by atoms with Gasteiger partial charge in [-0.1, -0.05) is 26.8 Å². The molecule has 0 aliphatic carbocycles. The summed E-state index contributed by atoms with van der Waals surface area (Å²) in [7, 11) is 6.07. The number of imidazole rings is 1. The molecule has 0 aliphatic heterocycles. The molecule has 3 rings (SSSR count). The van der Waals surface area contributed by atoms with Crippen molar-refractivity contribution in [2.24, 2.45) is 5.41 Å². The number of allylic oxidation sites excluding steroid dienone is 1. The van der Waals surface area contributed by atoms with Crippen LogP contribution in [-0.4, -0.2) is 87.8 Å². The molecule has 1 N–H and O–H groups in total. The number of benzene rings is 1. The Morgan fingerprint density at radius 2 is 1.70 bits per heavy atom. The molecule has 0 fully saturated rings. The van der Waals surface area contributed by atoms with Crippen molar-refractivity contribution in [1.29, 1.82) is 0 Å². The Morgan fingerprint density at radius 3 is 2.28 bits per heavy atom. The van der Waals surface area contributed by atoms with Crippen LogP contribution in [0.3, 0.4) is 0 Å². The highest BCUT2D eigenvalue weighted by molar-refractivity contribution is 5.95. The number of ether oxygens (including phenoxy) is 2. The number of hydrogen-bond acceptors (Lipinski definition) is 8. The maximum absolute atomic E-state index is 15.2. The van der Waals surface area contributed by atoms with Crippen LogP contribution in [0.25, 0.3) is 11.0 Å². The standard InChI is InChI=1S/C35H46F2N6O7/c1-34(2,3)19-21-28(37)22(36)18-24-29(21)39-26(43(24)33(48)50-35(4,5)6)20-42-17-13-14-23(31(42)46)38-30(45)25(49-32(47)41(9)10)15-11-12-16-27(44)40(7)8/h12-14,16-18,25H,11,15,19-20H2,1-10H3,(H,38,45)/b16-12+/t25-/m0/s1. The molecule has 2 heterocycles. The Balaban J connectivity index is 2.03. The summed E-state index contributed by atoms with van der Waals surface area (Å²) in [4.78, 5) is 71.7. The fourth-order valence-corrected chi connectivity index (χ4v) is 4.75. The van der Waals surface area contributed by atoms with Crippen LogP contribution in [0.4, 0.5) is 24.1 Å². The van der Waals surface area contributed by atoms with Gasteiger partial charge in [0.15, 0.2) is 17.7 Å². The van der Waals surface area contributed by atoms with E-state index in [2.05, 4.69) is 10.3 Å². The van der Waals surface area contributed by atoms with Crippen LogP contribution in [-0.2, 0) is 32.0 Å². The number of carbonyl (C=O) groups excluding carboxylic acids is 4. The van der Waals surface area contributed by atoms with E-state index in [1.165, 1.54) is 43.4 Å². The summed E-state index contributed by atoms with van der Waals surface area (Å²) in [6.07, 6.45) is 1.56. The number of pyridine rings is 1. The van der Waals surface area contributed by atoms with Crippen LogP contribution < -0.4 is 10.9 Å². The number of hydrogen-bond donors (Lipinski definition) is 1. The largest absolute Gasteiger partial charge is 0.443 e. The number of fused-ring (bicyclic) bond motifs is 1. The average Bonchev–Trinajstić information content (AvgIpc) is 3.34. The molecule has 272 valence electrons. The van der Waals surface area contributed by atoms with E-state index in [0.29, 0.717) is 0 Å². The van der Waals surface area contributed by atoms with Crippen LogP contribution >= 0.6 is 0 Å². The molecule has 3 aromatic rings. The highest BCUT2D eigenvalue weighted by Gasteiger charge is 2.29. The molecule has 3 amide bonds. The van der Waals surface area contributed by atoms with Crippen LogP contribution in [0.1, 0.15) is 65.8 Å². The molecule has 1 aromatic carbocycles. The Labute approximate surface area is 289 Å². The third-order valence-electron chi connectivity index (χ3n) is 7.08. The fourth-order valence-electron chi connectivity index (χ4n) is 4.75. The van der Waals surface area contributed by atoms with Crippen molar-refractivity contribution in [3.63, 3.8) is 0 Å². The minimum Gasteiger partial charge on any atom is -0.443 e. The van der Waals surface area contributed by atoms with E-state index >= 15 is 4.39 Å². The van der Waals surface area contributed by atoms with Gasteiger partial charge in [-0.3, -0.25) is 14.4 Å². The first-order chi connectivity index (χ1) is 23.1. The van der Waals surface area contributed by atoms with E-state index in [4.69, 9.17) is 9.47 Å². The molecule has 0 spiro atoms. The molecule has 1 atom stereocenters. The summed E-state index contributed by atoms with van der Waals surface area (Å²) >= 11 is 0. The number of amides is 3. The lowest BCUT2D eigenvalue weighted by molar-refractivity contribution is -0.125. The van der Waals surface area contributed by atoms with Crippen molar-refractivity contribution in [1.82, 2.24) is 23.9 Å². The molecule has 0 saturated carbocycles. The smallest absolute Gasteiger partial charge is 0.420 e. The minimum atomic E-state index is -1.32. The lowest BCUT2D eigenvalue weighted by atomic mass is 9.87. The Morgan fingerprint density at radius 1 is 1.04 bits per heavy atom. The second kappa shape index (κ2) is 15.6. The number of rotatable bonds is 10. The SMILES string of the molecule is CN(C)C(=O)/C=C/CC[C@H](OC(=O)N(C)C)C(=O)Nc1cccn(Cc2nc3c(CC(C)(C)C)c(F)c(F)cc3n2C(=O)OC(C)(C)C)c1=O. The molecular weight excluding hydrogens is 654 g/mol. The maximum atomic E-state index is 15.2. The van der Waals surface area contributed by atoms with E-state index in [9.17, 15) is 28.4 Å². The zero-order chi connectivity index (χ0) is 37.7. The van der Waals surface area contributed by atoms with Crippen LogP contribution in [0.15, 0.2) is 41.3 Å². The molecule has 0 radical (unpaired) electrons. The van der Waals surface area contributed by atoms with Gasteiger partial charge in [0.1, 0.15) is 17.1 Å². The lowest BCUT2D eigenvalue weighted by Gasteiger charge is -2.21. The number of aromatic nitrogens is 3. The number of carbonyl (C=O) groups is 4. The van der Waals surface area contributed by atoms with E-state index in [0.717, 1.165) is 20.1 Å². The van der Waals surface area contributed by atoms with E-state index in [1.54, 1.807) is 40.9 Å². The molecule has 0 saturated heterocycles. The zero-order valence-corrected chi connectivity index (χ0v) is 30.2. The van der Waals surface area contributed by atoms with E-state index in [-0.39, 0.29) is 59.8 Å². The van der Waals surface area contributed by atoms with Gasteiger partial charge in [0.05, 0.1) is 17.6 Å². The summed E-state index contributed by atoms with van der Waals surface area (Å²) in [5.74, 6) is -3.35. The summed E-state index contributed by atoms with van der Waals surface area (Å²) in [6, 6.07) is 3.69. The quantitative estimate of drug-likeness (QED) is 0.280. The topological polar surface area (TPSA) is 145 Å². The molecule has 2 aromatic heterocycles. The van der Waals surface area contributed by atoms with Crippen molar-refractivity contribution < 1.29 is 37.4 Å². The van der Waals surface area contributed by atoms with Gasteiger partial charge in [-0.2, -0.15) is 0 Å². The number of halogens is 2. The van der Waals surface area contributed by atoms with Crippen molar-refractivity contribution in [3.05, 3.63) is 69.9 Å². The molecule has 0 bridgehead atoms. The second-order valence-corrected chi connectivity index (χ2v) is 14.4. The van der Waals surface area contributed by atoms with Gasteiger partial charge in [0.25, 0.3) is 11.5 Å². The van der Waals surface area contributed by atoms with Crippen LogP contribution in [0, 0.1) is 17.0 Å². The molecule has 0 unspecified atom stereocenters. The van der Waals surface area contributed by atoms with Gasteiger partial charge in [-0.25, -0.2) is 27.9 Å². The highest BCUT2D eigenvalue weighted by Crippen LogP contribution is 2.31. The number of nitrogens with one attached hydrogen (secondary N) is 1. The van der Waals surface area contributed by atoms with Gasteiger partial charge in [-0.05, 0) is 63.7 Å². The molecule has 15 heteroatoms. The third-order valence-corrected chi connectivity index (χ3v) is 7.08. The minimum absolute atomic E-state index is 0.00752. The highest BCUT2D eigenvalue weighted by atomic mass is 19.2. The zero-order valence-electron chi connectivity index (χ0n) is 30.2. The Bertz CT molecular complexity index is 1850. The summed E-state index contributed by atoms with van der Waals surface area (Å²) in [6.45, 7) is 10.1. The summed E-state index contributed by atoms with van der Waals surface area (Å²) < 4.78 is 43.3. The Hall–Kier alpha value is -5.08. The maximum Gasteiger partial charge on any atom is 0.420 e. The Kier molecular flexibility index (Phi) is 12.3. The molecular formula is C35H46F2N6O7. The van der Waals surface area contributed by atoms with Gasteiger partial charge in [-0.15, -0.1) is 0 Å². The summed E-state index contributed by atoms with van der Waals surface area (Å²) in [5.41, 5.74) is -2.32.